The molecule has 1 saturated heterocycles. The lowest BCUT2D eigenvalue weighted by Gasteiger charge is -2.35. The molecule has 27 heavy (non-hydrogen) atoms. The standard InChI is InChI=1S/C21H25N3O3/c1-16(25)23-11-13-24(14-12-23)19-7-5-18(6-8-19)22-21(26)15-17-3-9-20(27-2)10-4-17/h3-10H,11-15H2,1-2H3,(H,22,26). The van der Waals surface area contributed by atoms with Crippen LogP contribution in [0.25, 0.3) is 0 Å². The topological polar surface area (TPSA) is 61.9 Å². The normalized spacial score (nSPS) is 14.0. The van der Waals surface area contributed by atoms with Gasteiger partial charge in [0.15, 0.2) is 0 Å². The molecule has 142 valence electrons. The number of hydrogen-bond acceptors (Lipinski definition) is 4. The van der Waals surface area contributed by atoms with Gasteiger partial charge >= 0.3 is 0 Å². The fraction of sp³-hybridized carbons (Fsp3) is 0.333. The number of rotatable bonds is 5. The first-order valence-corrected chi connectivity index (χ1v) is 9.08. The van der Waals surface area contributed by atoms with Crippen molar-refractivity contribution in [3.05, 3.63) is 54.1 Å². The maximum absolute atomic E-state index is 12.2. The third kappa shape index (κ3) is 5.00. The summed E-state index contributed by atoms with van der Waals surface area (Å²) in [5, 5.41) is 2.93. The summed E-state index contributed by atoms with van der Waals surface area (Å²) in [5.74, 6) is 0.853. The zero-order valence-corrected chi connectivity index (χ0v) is 15.8. The maximum atomic E-state index is 12.2. The van der Waals surface area contributed by atoms with Gasteiger partial charge < -0.3 is 19.9 Å². The van der Waals surface area contributed by atoms with Crippen LogP contribution in [-0.4, -0.2) is 50.0 Å². The van der Waals surface area contributed by atoms with Crippen LogP contribution in [0.3, 0.4) is 0 Å². The third-order valence-corrected chi connectivity index (χ3v) is 4.76. The molecule has 0 aliphatic carbocycles. The molecule has 1 aliphatic rings. The molecule has 0 spiro atoms. The SMILES string of the molecule is COc1ccc(CC(=O)Nc2ccc(N3CCN(C(C)=O)CC3)cc2)cc1. The summed E-state index contributed by atoms with van der Waals surface area (Å²) in [7, 11) is 1.62. The molecule has 1 aliphatic heterocycles. The molecule has 0 radical (unpaired) electrons. The van der Waals surface area contributed by atoms with Crippen molar-refractivity contribution in [1.29, 1.82) is 0 Å². The largest absolute Gasteiger partial charge is 0.497 e. The Labute approximate surface area is 159 Å². The Morgan fingerprint density at radius 3 is 2.15 bits per heavy atom. The predicted octanol–water partition coefficient (Wildman–Crippen LogP) is 2.54. The molecule has 1 fully saturated rings. The van der Waals surface area contributed by atoms with E-state index >= 15 is 0 Å². The second-order valence-corrected chi connectivity index (χ2v) is 6.61. The second-order valence-electron chi connectivity index (χ2n) is 6.61. The summed E-state index contributed by atoms with van der Waals surface area (Å²) in [5.41, 5.74) is 2.82. The van der Waals surface area contributed by atoms with Crippen LogP contribution in [0, 0.1) is 0 Å². The van der Waals surface area contributed by atoms with E-state index < -0.39 is 0 Å². The fourth-order valence-electron chi connectivity index (χ4n) is 3.17. The van der Waals surface area contributed by atoms with Crippen molar-refractivity contribution in [3.8, 4) is 5.75 Å². The van der Waals surface area contributed by atoms with Crippen LogP contribution in [-0.2, 0) is 16.0 Å². The molecule has 2 aromatic carbocycles. The minimum absolute atomic E-state index is 0.0528. The molecule has 0 unspecified atom stereocenters. The highest BCUT2D eigenvalue weighted by molar-refractivity contribution is 5.92. The van der Waals surface area contributed by atoms with Crippen molar-refractivity contribution in [1.82, 2.24) is 4.90 Å². The molecule has 1 heterocycles. The van der Waals surface area contributed by atoms with Crippen molar-refractivity contribution in [3.63, 3.8) is 0 Å². The Bertz CT molecular complexity index is 779. The van der Waals surface area contributed by atoms with Crippen molar-refractivity contribution in [2.45, 2.75) is 13.3 Å². The molecular formula is C21H25N3O3. The van der Waals surface area contributed by atoms with Gasteiger partial charge in [-0.2, -0.15) is 0 Å². The van der Waals surface area contributed by atoms with Gasteiger partial charge in [0.1, 0.15) is 5.75 Å². The molecule has 1 N–H and O–H groups in total. The van der Waals surface area contributed by atoms with Gasteiger partial charge in [-0.25, -0.2) is 0 Å². The average molecular weight is 367 g/mol. The summed E-state index contributed by atoms with van der Waals surface area (Å²) in [6.45, 7) is 4.75. The quantitative estimate of drug-likeness (QED) is 0.882. The third-order valence-electron chi connectivity index (χ3n) is 4.76. The minimum atomic E-state index is -0.0528. The molecule has 0 bridgehead atoms. The van der Waals surface area contributed by atoms with Crippen LogP contribution in [0.1, 0.15) is 12.5 Å². The Morgan fingerprint density at radius 2 is 1.59 bits per heavy atom. The lowest BCUT2D eigenvalue weighted by Crippen LogP contribution is -2.48. The van der Waals surface area contributed by atoms with E-state index in [9.17, 15) is 9.59 Å². The number of nitrogens with one attached hydrogen (secondary N) is 1. The van der Waals surface area contributed by atoms with Gasteiger partial charge in [-0.15, -0.1) is 0 Å². The molecule has 2 amide bonds. The van der Waals surface area contributed by atoms with Gasteiger partial charge in [-0.3, -0.25) is 9.59 Å². The molecule has 3 rings (SSSR count). The first kappa shape index (κ1) is 18.8. The molecule has 6 nitrogen and oxygen atoms in total. The van der Waals surface area contributed by atoms with Gasteiger partial charge in [0, 0.05) is 44.5 Å². The van der Waals surface area contributed by atoms with E-state index in [2.05, 4.69) is 10.2 Å². The minimum Gasteiger partial charge on any atom is -0.497 e. The lowest BCUT2D eigenvalue weighted by molar-refractivity contribution is -0.129. The molecule has 0 aromatic heterocycles. The van der Waals surface area contributed by atoms with Gasteiger partial charge in [0.05, 0.1) is 13.5 Å². The Kier molecular flexibility index (Phi) is 5.96. The van der Waals surface area contributed by atoms with E-state index in [0.29, 0.717) is 6.42 Å². The number of carbonyl (C=O) groups is 2. The smallest absolute Gasteiger partial charge is 0.228 e. The number of anilines is 2. The van der Waals surface area contributed by atoms with Crippen LogP contribution >= 0.6 is 0 Å². The van der Waals surface area contributed by atoms with Crippen LogP contribution in [0.5, 0.6) is 5.75 Å². The second kappa shape index (κ2) is 8.58. The highest BCUT2D eigenvalue weighted by Gasteiger charge is 2.18. The molecule has 0 atom stereocenters. The number of nitrogens with zero attached hydrogens (tertiary/aromatic N) is 2. The number of benzene rings is 2. The number of methoxy groups -OCH3 is 1. The van der Waals surface area contributed by atoms with Crippen molar-refractivity contribution < 1.29 is 14.3 Å². The molecule has 0 saturated carbocycles. The average Bonchev–Trinajstić information content (AvgIpc) is 2.69. The number of ether oxygens (including phenoxy) is 1. The van der Waals surface area contributed by atoms with Crippen LogP contribution in [0.4, 0.5) is 11.4 Å². The van der Waals surface area contributed by atoms with Crippen molar-refractivity contribution in [2.75, 3.05) is 43.5 Å². The van der Waals surface area contributed by atoms with Gasteiger partial charge in [-0.05, 0) is 42.0 Å². The Hall–Kier alpha value is -3.02. The van der Waals surface area contributed by atoms with Gasteiger partial charge in [0.2, 0.25) is 11.8 Å². The van der Waals surface area contributed by atoms with E-state index in [1.165, 1.54) is 0 Å². The fourth-order valence-corrected chi connectivity index (χ4v) is 3.17. The molecule has 6 heteroatoms. The zero-order chi connectivity index (χ0) is 19.2. The number of piperazine rings is 1. The summed E-state index contributed by atoms with van der Waals surface area (Å²) in [6.07, 6.45) is 0.318. The number of hydrogen-bond donors (Lipinski definition) is 1. The number of carbonyl (C=O) groups excluding carboxylic acids is 2. The van der Waals surface area contributed by atoms with Crippen LogP contribution in [0.15, 0.2) is 48.5 Å². The van der Waals surface area contributed by atoms with E-state index in [1.807, 2.05) is 53.4 Å². The lowest BCUT2D eigenvalue weighted by atomic mass is 10.1. The van der Waals surface area contributed by atoms with E-state index in [4.69, 9.17) is 4.74 Å². The van der Waals surface area contributed by atoms with Gasteiger partial charge in [0.25, 0.3) is 0 Å². The summed E-state index contributed by atoms with van der Waals surface area (Å²) in [4.78, 5) is 27.8. The zero-order valence-electron chi connectivity index (χ0n) is 15.8. The monoisotopic (exact) mass is 367 g/mol. The highest BCUT2D eigenvalue weighted by Crippen LogP contribution is 2.20. The summed E-state index contributed by atoms with van der Waals surface area (Å²) < 4.78 is 5.12. The van der Waals surface area contributed by atoms with Gasteiger partial charge in [-0.1, -0.05) is 12.1 Å². The summed E-state index contributed by atoms with van der Waals surface area (Å²) >= 11 is 0. The van der Waals surface area contributed by atoms with Crippen LogP contribution in [0.2, 0.25) is 0 Å². The Balaban J connectivity index is 1.52. The highest BCUT2D eigenvalue weighted by atomic mass is 16.5. The molecule has 2 aromatic rings. The maximum Gasteiger partial charge on any atom is 0.228 e. The van der Waals surface area contributed by atoms with E-state index in [0.717, 1.165) is 48.9 Å². The molecular weight excluding hydrogens is 342 g/mol. The van der Waals surface area contributed by atoms with Crippen LogP contribution < -0.4 is 15.0 Å². The summed E-state index contributed by atoms with van der Waals surface area (Å²) in [6, 6.07) is 15.3. The van der Waals surface area contributed by atoms with Crippen molar-refractivity contribution >= 4 is 23.2 Å². The Morgan fingerprint density at radius 1 is 0.963 bits per heavy atom. The predicted molar refractivity (Wildman–Crippen MR) is 106 cm³/mol. The van der Waals surface area contributed by atoms with E-state index in [-0.39, 0.29) is 11.8 Å². The van der Waals surface area contributed by atoms with E-state index in [1.54, 1.807) is 14.0 Å². The first-order valence-electron chi connectivity index (χ1n) is 9.08. The number of amides is 2. The van der Waals surface area contributed by atoms with Crippen molar-refractivity contribution in [2.24, 2.45) is 0 Å². The first-order chi connectivity index (χ1) is 13.0.